The van der Waals surface area contributed by atoms with Gasteiger partial charge in [0.05, 0.1) is 11.4 Å². The van der Waals surface area contributed by atoms with Gasteiger partial charge in [-0.2, -0.15) is 0 Å². The number of rotatable bonds is 3. The first-order chi connectivity index (χ1) is 12.0. The molecule has 4 nitrogen and oxygen atoms in total. The van der Waals surface area contributed by atoms with Crippen LogP contribution in [0.2, 0.25) is 0 Å². The van der Waals surface area contributed by atoms with Crippen molar-refractivity contribution in [2.24, 2.45) is 0 Å². The second kappa shape index (κ2) is 7.66. The summed E-state index contributed by atoms with van der Waals surface area (Å²) in [4.78, 5) is 14.8. The molecule has 0 aliphatic carbocycles. The molecule has 0 atom stereocenters. The van der Waals surface area contributed by atoms with Gasteiger partial charge in [0.25, 0.3) is 5.91 Å². The van der Waals surface area contributed by atoms with E-state index < -0.39 is 0 Å². The van der Waals surface area contributed by atoms with Crippen LogP contribution in [-0.4, -0.2) is 24.1 Å². The van der Waals surface area contributed by atoms with E-state index in [9.17, 15) is 4.79 Å². The molecule has 1 heterocycles. The van der Waals surface area contributed by atoms with Gasteiger partial charge in [0.15, 0.2) is 5.11 Å². The van der Waals surface area contributed by atoms with Gasteiger partial charge >= 0.3 is 0 Å². The van der Waals surface area contributed by atoms with Crippen molar-refractivity contribution < 1.29 is 4.79 Å². The first kappa shape index (κ1) is 17.4. The molecular formula is C20H23N3OS. The third kappa shape index (κ3) is 4.17. The molecule has 0 aromatic heterocycles. The van der Waals surface area contributed by atoms with Crippen LogP contribution in [0.5, 0.6) is 0 Å². The average molecular weight is 353 g/mol. The monoisotopic (exact) mass is 353 g/mol. The van der Waals surface area contributed by atoms with E-state index in [0.29, 0.717) is 10.7 Å². The summed E-state index contributed by atoms with van der Waals surface area (Å²) in [6.45, 7) is 6.05. The molecule has 1 fully saturated rings. The summed E-state index contributed by atoms with van der Waals surface area (Å²) in [5.41, 5.74) is 4.77. The molecule has 1 amide bonds. The van der Waals surface area contributed by atoms with Crippen LogP contribution in [0, 0.1) is 13.8 Å². The number of carbonyl (C=O) groups excluding carboxylic acids is 1. The van der Waals surface area contributed by atoms with Crippen molar-refractivity contribution in [3.05, 3.63) is 59.2 Å². The summed E-state index contributed by atoms with van der Waals surface area (Å²) in [6.07, 6.45) is 2.42. The van der Waals surface area contributed by atoms with E-state index in [1.807, 2.05) is 50.2 Å². The molecule has 1 aliphatic heterocycles. The van der Waals surface area contributed by atoms with Crippen molar-refractivity contribution in [2.45, 2.75) is 26.7 Å². The van der Waals surface area contributed by atoms with E-state index in [1.54, 1.807) is 0 Å². The van der Waals surface area contributed by atoms with Crippen LogP contribution >= 0.6 is 12.2 Å². The molecule has 3 rings (SSSR count). The normalized spacial score (nSPS) is 13.6. The number of thiocarbonyl (C=S) groups is 1. The molecule has 25 heavy (non-hydrogen) atoms. The van der Waals surface area contributed by atoms with E-state index in [0.717, 1.165) is 35.6 Å². The highest BCUT2D eigenvalue weighted by Gasteiger charge is 2.17. The minimum absolute atomic E-state index is 0.186. The second-order valence-corrected chi connectivity index (χ2v) is 6.85. The Morgan fingerprint density at radius 2 is 1.80 bits per heavy atom. The third-order valence-corrected chi connectivity index (χ3v) is 4.66. The van der Waals surface area contributed by atoms with Crippen LogP contribution < -0.4 is 15.5 Å². The van der Waals surface area contributed by atoms with Gasteiger partial charge in [-0.3, -0.25) is 10.1 Å². The average Bonchev–Trinajstić information content (AvgIpc) is 3.09. The number of benzene rings is 2. The van der Waals surface area contributed by atoms with Gasteiger partial charge in [0, 0.05) is 18.7 Å². The Morgan fingerprint density at radius 3 is 2.52 bits per heavy atom. The minimum Gasteiger partial charge on any atom is -0.370 e. The molecule has 0 spiro atoms. The number of para-hydroxylation sites is 2. The lowest BCUT2D eigenvalue weighted by Crippen LogP contribution is -2.35. The SMILES string of the molecule is Cc1ccc(C(=O)NC(=S)Nc2ccccc2N2CCCC2)c(C)c1. The van der Waals surface area contributed by atoms with Crippen LogP contribution in [0.15, 0.2) is 42.5 Å². The maximum atomic E-state index is 12.5. The molecular weight excluding hydrogens is 330 g/mol. The number of hydrogen-bond acceptors (Lipinski definition) is 3. The molecule has 5 heteroatoms. The Hall–Kier alpha value is -2.40. The first-order valence-electron chi connectivity index (χ1n) is 8.58. The van der Waals surface area contributed by atoms with Crippen molar-refractivity contribution in [3.8, 4) is 0 Å². The second-order valence-electron chi connectivity index (χ2n) is 6.44. The Kier molecular flexibility index (Phi) is 5.34. The number of nitrogens with one attached hydrogen (secondary N) is 2. The molecule has 1 saturated heterocycles. The van der Waals surface area contributed by atoms with Crippen LogP contribution in [-0.2, 0) is 0 Å². The van der Waals surface area contributed by atoms with Crippen LogP contribution in [0.4, 0.5) is 11.4 Å². The molecule has 0 saturated carbocycles. The van der Waals surface area contributed by atoms with Crippen LogP contribution in [0.1, 0.15) is 34.3 Å². The van der Waals surface area contributed by atoms with Crippen molar-refractivity contribution in [3.63, 3.8) is 0 Å². The Morgan fingerprint density at radius 1 is 1.08 bits per heavy atom. The van der Waals surface area contributed by atoms with Crippen molar-refractivity contribution in [2.75, 3.05) is 23.3 Å². The maximum Gasteiger partial charge on any atom is 0.257 e. The molecule has 0 bridgehead atoms. The highest BCUT2D eigenvalue weighted by molar-refractivity contribution is 7.80. The van der Waals surface area contributed by atoms with Gasteiger partial charge in [-0.15, -0.1) is 0 Å². The summed E-state index contributed by atoms with van der Waals surface area (Å²) in [5, 5.41) is 6.28. The van der Waals surface area contributed by atoms with Crippen molar-refractivity contribution >= 4 is 34.6 Å². The van der Waals surface area contributed by atoms with Gasteiger partial charge < -0.3 is 10.2 Å². The van der Waals surface area contributed by atoms with Gasteiger partial charge in [0.1, 0.15) is 0 Å². The molecule has 1 aliphatic rings. The van der Waals surface area contributed by atoms with Gasteiger partial charge in [-0.05, 0) is 62.7 Å². The minimum atomic E-state index is -0.186. The largest absolute Gasteiger partial charge is 0.370 e. The lowest BCUT2D eigenvalue weighted by Gasteiger charge is -2.22. The zero-order chi connectivity index (χ0) is 17.8. The van der Waals surface area contributed by atoms with E-state index >= 15 is 0 Å². The van der Waals surface area contributed by atoms with E-state index in [2.05, 4.69) is 21.6 Å². The standard InChI is InChI=1S/C20H23N3OS/c1-14-9-10-16(15(2)13-14)19(24)22-20(25)21-17-7-3-4-8-18(17)23-11-5-6-12-23/h3-4,7-10,13H,5-6,11-12H2,1-2H3,(H2,21,22,24,25). The predicted octanol–water partition coefficient (Wildman–Crippen LogP) is 4.03. The quantitative estimate of drug-likeness (QED) is 0.818. The lowest BCUT2D eigenvalue weighted by molar-refractivity contribution is 0.0977. The fourth-order valence-corrected chi connectivity index (χ4v) is 3.41. The van der Waals surface area contributed by atoms with Gasteiger partial charge in [-0.1, -0.05) is 29.8 Å². The van der Waals surface area contributed by atoms with E-state index in [4.69, 9.17) is 12.2 Å². The number of hydrogen-bond donors (Lipinski definition) is 2. The van der Waals surface area contributed by atoms with E-state index in [-0.39, 0.29) is 5.91 Å². The van der Waals surface area contributed by atoms with Crippen LogP contribution in [0.25, 0.3) is 0 Å². The molecule has 2 aromatic rings. The Labute approximate surface area is 154 Å². The summed E-state index contributed by atoms with van der Waals surface area (Å²) < 4.78 is 0. The fraction of sp³-hybridized carbons (Fsp3) is 0.300. The van der Waals surface area contributed by atoms with Crippen molar-refractivity contribution in [1.82, 2.24) is 5.32 Å². The molecule has 0 unspecified atom stereocenters. The highest BCUT2D eigenvalue weighted by atomic mass is 32.1. The van der Waals surface area contributed by atoms with Gasteiger partial charge in [-0.25, -0.2) is 0 Å². The third-order valence-electron chi connectivity index (χ3n) is 4.45. The molecule has 130 valence electrons. The number of amides is 1. The zero-order valence-electron chi connectivity index (χ0n) is 14.6. The summed E-state index contributed by atoms with van der Waals surface area (Å²) in [5.74, 6) is -0.186. The number of nitrogens with zero attached hydrogens (tertiary/aromatic N) is 1. The van der Waals surface area contributed by atoms with E-state index in [1.165, 1.54) is 12.8 Å². The van der Waals surface area contributed by atoms with Crippen molar-refractivity contribution in [1.29, 1.82) is 0 Å². The van der Waals surface area contributed by atoms with Gasteiger partial charge in [0.2, 0.25) is 0 Å². The van der Waals surface area contributed by atoms with Crippen LogP contribution in [0.3, 0.4) is 0 Å². The highest BCUT2D eigenvalue weighted by Crippen LogP contribution is 2.28. The molecule has 2 N–H and O–H groups in total. The first-order valence-corrected chi connectivity index (χ1v) is 8.99. The topological polar surface area (TPSA) is 44.4 Å². The number of aryl methyl sites for hydroxylation is 2. The zero-order valence-corrected chi connectivity index (χ0v) is 15.5. The smallest absolute Gasteiger partial charge is 0.257 e. The lowest BCUT2D eigenvalue weighted by atomic mass is 10.1. The summed E-state index contributed by atoms with van der Waals surface area (Å²) in [7, 11) is 0. The summed E-state index contributed by atoms with van der Waals surface area (Å²) >= 11 is 5.35. The maximum absolute atomic E-state index is 12.5. The summed E-state index contributed by atoms with van der Waals surface area (Å²) in [6, 6.07) is 13.8. The Bertz CT molecular complexity index is 797. The molecule has 0 radical (unpaired) electrons. The fourth-order valence-electron chi connectivity index (χ4n) is 3.21. The Balaban J connectivity index is 1.69. The number of anilines is 2. The molecule has 2 aromatic carbocycles. The predicted molar refractivity (Wildman–Crippen MR) is 107 cm³/mol. The number of carbonyl (C=O) groups is 1.